The number of ether oxygens (including phenoxy) is 1. The monoisotopic (exact) mass is 221 g/mol. The summed E-state index contributed by atoms with van der Waals surface area (Å²) in [5.74, 6) is 0.111. The Morgan fingerprint density at radius 3 is 2.57 bits per heavy atom. The van der Waals surface area contributed by atoms with Gasteiger partial charge in [-0.3, -0.25) is 0 Å². The minimum absolute atomic E-state index is 0.111. The minimum Gasteiger partial charge on any atom is -0.383 e. The first-order valence-electron chi connectivity index (χ1n) is 5.08. The van der Waals surface area contributed by atoms with E-state index in [0.717, 1.165) is 12.3 Å². The van der Waals surface area contributed by atoms with Gasteiger partial charge in [0.25, 0.3) is 5.34 Å². The molecule has 82 valence electrons. The molecule has 0 bridgehead atoms. The zero-order valence-corrected chi connectivity index (χ0v) is 9.79. The van der Waals surface area contributed by atoms with E-state index in [9.17, 15) is 5.11 Å². The Kier molecular flexibility index (Phi) is 2.61. The van der Waals surface area contributed by atoms with Crippen LogP contribution in [0, 0.1) is 0 Å². The van der Waals surface area contributed by atoms with E-state index in [1.165, 1.54) is 7.11 Å². The normalized spacial score (nSPS) is 43.7. The number of aliphatic hydroxyl groups is 1. The zero-order valence-electron chi connectivity index (χ0n) is 8.90. The van der Waals surface area contributed by atoms with Crippen molar-refractivity contribution in [2.45, 2.75) is 31.1 Å². The summed E-state index contributed by atoms with van der Waals surface area (Å²) < 4.78 is 5.59. The highest BCUT2D eigenvalue weighted by Gasteiger charge is 2.93. The van der Waals surface area contributed by atoms with Crippen molar-refractivity contribution in [1.82, 2.24) is 0 Å². The van der Waals surface area contributed by atoms with Crippen LogP contribution in [0.5, 0.6) is 0 Å². The van der Waals surface area contributed by atoms with Crippen molar-refractivity contribution in [1.29, 1.82) is 0 Å². The van der Waals surface area contributed by atoms with Gasteiger partial charge in [-0.25, -0.2) is 4.89 Å². The highest BCUT2D eigenvalue weighted by Crippen LogP contribution is 2.93. The molecule has 1 unspecified atom stereocenters. The van der Waals surface area contributed by atoms with Crippen LogP contribution in [0.2, 0.25) is 0 Å². The third-order valence-corrected chi connectivity index (χ3v) is 9.07. The predicted molar refractivity (Wildman–Crippen MR) is 54.6 cm³/mol. The van der Waals surface area contributed by atoms with Crippen LogP contribution in [0.3, 0.4) is 0 Å². The van der Waals surface area contributed by atoms with Gasteiger partial charge in [0, 0.05) is 0 Å². The van der Waals surface area contributed by atoms with Gasteiger partial charge in [-0.05, 0) is 13.8 Å². The molecule has 0 spiro atoms. The lowest BCUT2D eigenvalue weighted by atomic mass is 10.3. The third kappa shape index (κ3) is 0.961. The first-order valence-corrected chi connectivity index (χ1v) is 7.30. The second kappa shape index (κ2) is 3.39. The molecular weight excluding hydrogens is 203 g/mol. The Labute approximate surface area is 84.8 Å². The molecule has 0 aromatic rings. The number of rotatable bonds is 4. The Morgan fingerprint density at radius 1 is 1.50 bits per heavy atom. The summed E-state index contributed by atoms with van der Waals surface area (Å²) in [6.07, 6.45) is 1.59. The van der Waals surface area contributed by atoms with Crippen LogP contribution in [-0.2, 0) is 14.5 Å². The van der Waals surface area contributed by atoms with Crippen molar-refractivity contribution in [3.8, 4) is 0 Å². The summed E-state index contributed by atoms with van der Waals surface area (Å²) in [5.41, 5.74) is 0. The Balaban J connectivity index is 2.25. The van der Waals surface area contributed by atoms with Crippen molar-refractivity contribution in [3.63, 3.8) is 0 Å². The first kappa shape index (κ1) is 10.8. The molecule has 0 aromatic carbocycles. The Hall–Kier alpha value is 0.270. The van der Waals surface area contributed by atoms with Gasteiger partial charge in [0.1, 0.15) is 0 Å². The van der Waals surface area contributed by atoms with Crippen LogP contribution >= 0.6 is 7.26 Å². The van der Waals surface area contributed by atoms with Crippen molar-refractivity contribution in [2.75, 3.05) is 26.0 Å². The van der Waals surface area contributed by atoms with E-state index in [0.29, 0.717) is 6.61 Å². The van der Waals surface area contributed by atoms with E-state index in [1.807, 2.05) is 0 Å². The fraction of sp³-hybridized carbons (Fsp3) is 1.00. The number of hydrogen-bond donors (Lipinski definition) is 1. The van der Waals surface area contributed by atoms with Crippen molar-refractivity contribution in [2.24, 2.45) is 0 Å². The second-order valence-corrected chi connectivity index (χ2v) is 8.37. The number of hydrogen-bond acceptors (Lipinski definition) is 4. The van der Waals surface area contributed by atoms with E-state index in [2.05, 4.69) is 13.8 Å². The van der Waals surface area contributed by atoms with Crippen LogP contribution in [0.4, 0.5) is 0 Å². The molecule has 1 N–H and O–H groups in total. The van der Waals surface area contributed by atoms with Crippen LogP contribution in [0.1, 0.15) is 13.8 Å². The van der Waals surface area contributed by atoms with Gasteiger partial charge in [0.15, 0.2) is 6.10 Å². The van der Waals surface area contributed by atoms with E-state index in [-0.39, 0.29) is 5.85 Å². The molecule has 0 radical (unpaired) electrons. The van der Waals surface area contributed by atoms with Gasteiger partial charge in [0.05, 0.1) is 33.3 Å². The van der Waals surface area contributed by atoms with Gasteiger partial charge < -0.3 is 9.84 Å². The molecular formula is C9H18O4P+. The van der Waals surface area contributed by atoms with Gasteiger partial charge in [-0.2, -0.15) is 4.89 Å². The lowest BCUT2D eigenvalue weighted by Crippen LogP contribution is -2.32. The average molecular weight is 221 g/mol. The average Bonchev–Trinajstić information content (AvgIpc) is 2.63. The van der Waals surface area contributed by atoms with Crippen LogP contribution < -0.4 is 0 Å². The number of aliphatic hydroxyl groups excluding tert-OH is 1. The summed E-state index contributed by atoms with van der Waals surface area (Å²) in [4.78, 5) is 10.1. The zero-order chi connectivity index (χ0) is 10.4. The van der Waals surface area contributed by atoms with Crippen molar-refractivity contribution in [3.05, 3.63) is 0 Å². The molecule has 5 heteroatoms. The molecule has 2 heterocycles. The quantitative estimate of drug-likeness (QED) is 0.438. The molecule has 2 fully saturated rings. The van der Waals surface area contributed by atoms with E-state index in [1.54, 1.807) is 0 Å². The van der Waals surface area contributed by atoms with E-state index >= 15 is 0 Å². The first-order chi connectivity index (χ1) is 6.69. The molecule has 14 heavy (non-hydrogen) atoms. The van der Waals surface area contributed by atoms with Gasteiger partial charge in [-0.1, -0.05) is 0 Å². The van der Waals surface area contributed by atoms with Gasteiger partial charge in [-0.15, -0.1) is 0 Å². The maximum Gasteiger partial charge on any atom is 0.297 e. The third-order valence-electron chi connectivity index (χ3n) is 3.67. The molecule has 0 amide bonds. The lowest BCUT2D eigenvalue weighted by Gasteiger charge is -2.18. The molecule has 4 nitrogen and oxygen atoms in total. The molecule has 3 atom stereocenters. The topological polar surface area (TPSA) is 47.9 Å². The molecule has 0 aromatic heterocycles. The maximum atomic E-state index is 9.92. The largest absolute Gasteiger partial charge is 0.383 e. The highest BCUT2D eigenvalue weighted by atomic mass is 31.2. The second-order valence-electron chi connectivity index (χ2n) is 3.87. The molecule has 2 rings (SSSR count). The van der Waals surface area contributed by atoms with Crippen LogP contribution in [0.25, 0.3) is 0 Å². The van der Waals surface area contributed by atoms with Crippen LogP contribution in [-0.4, -0.2) is 48.4 Å². The van der Waals surface area contributed by atoms with Gasteiger partial charge in [0.2, 0.25) is 5.85 Å². The Bertz CT molecular complexity index is 231. The SMILES string of the molecule is CC[P+]1(CC)C2OC[C@@H](O)[C@@]21OOC. The van der Waals surface area contributed by atoms with Gasteiger partial charge >= 0.3 is 0 Å². The number of fused-ring (bicyclic) bond motifs is 1. The molecule has 0 aliphatic carbocycles. The van der Waals surface area contributed by atoms with Crippen LogP contribution in [0.15, 0.2) is 0 Å². The molecule has 2 saturated heterocycles. The minimum atomic E-state index is -1.29. The predicted octanol–water partition coefficient (Wildman–Crippen LogP) is 1.05. The fourth-order valence-corrected chi connectivity index (χ4v) is 7.97. The maximum absolute atomic E-state index is 9.92. The van der Waals surface area contributed by atoms with Crippen molar-refractivity contribution < 1.29 is 19.6 Å². The summed E-state index contributed by atoms with van der Waals surface area (Å²) in [7, 11) is 0.203. The molecule has 2 aliphatic rings. The standard InChI is InChI=1S/C9H18O4P/c1-4-14(5-2)8-9(14,13-11-3)7(10)6-12-8/h7-8,10H,4-6H2,1-3H3/q+1/t7-,8?,9+/m1/s1. The fourth-order valence-electron chi connectivity index (χ4n) is 2.86. The summed E-state index contributed by atoms with van der Waals surface area (Å²) in [6, 6.07) is 0. The molecule has 2 aliphatic heterocycles. The summed E-state index contributed by atoms with van der Waals surface area (Å²) >= 11 is 0. The highest BCUT2D eigenvalue weighted by molar-refractivity contribution is 7.85. The molecule has 0 saturated carbocycles. The Morgan fingerprint density at radius 2 is 2.14 bits per heavy atom. The van der Waals surface area contributed by atoms with Crippen molar-refractivity contribution >= 4 is 7.26 Å². The smallest absolute Gasteiger partial charge is 0.297 e. The summed E-state index contributed by atoms with van der Waals surface area (Å²) in [6.45, 7) is 4.68. The summed E-state index contributed by atoms with van der Waals surface area (Å²) in [5, 5.41) is 9.42. The van der Waals surface area contributed by atoms with E-state index < -0.39 is 18.7 Å². The van der Waals surface area contributed by atoms with E-state index in [4.69, 9.17) is 14.5 Å². The lowest BCUT2D eigenvalue weighted by molar-refractivity contribution is -0.319.